The standard InChI is InChI=1S/C22H23FN4O3S/c23-16-10-8-15(9-11-16)20(21(28)24-17-5-2-1-3-6-17)27(13-18-7-4-12-30-18)22(29)19-14-31-26-25-19/h4,7-12,14,17,20H,1-3,5-6,13H2,(H,24,28)/t20-/m0/s1. The van der Waals surface area contributed by atoms with Gasteiger partial charge < -0.3 is 14.6 Å². The number of nitrogens with zero attached hydrogens (tertiary/aromatic N) is 3. The van der Waals surface area contributed by atoms with Gasteiger partial charge in [-0.05, 0) is 54.2 Å². The lowest BCUT2D eigenvalue weighted by Gasteiger charge is -2.32. The van der Waals surface area contributed by atoms with Crippen LogP contribution >= 0.6 is 11.5 Å². The van der Waals surface area contributed by atoms with Gasteiger partial charge in [0, 0.05) is 11.4 Å². The van der Waals surface area contributed by atoms with Crippen molar-refractivity contribution in [3.8, 4) is 0 Å². The van der Waals surface area contributed by atoms with E-state index in [9.17, 15) is 14.0 Å². The van der Waals surface area contributed by atoms with Crippen LogP contribution in [0.3, 0.4) is 0 Å². The molecule has 1 atom stereocenters. The average Bonchev–Trinajstić information content (AvgIpc) is 3.49. The molecule has 0 unspecified atom stereocenters. The van der Waals surface area contributed by atoms with Crippen LogP contribution < -0.4 is 5.32 Å². The van der Waals surface area contributed by atoms with Gasteiger partial charge in [0.15, 0.2) is 5.69 Å². The molecular weight excluding hydrogens is 419 g/mol. The molecule has 0 saturated heterocycles. The summed E-state index contributed by atoms with van der Waals surface area (Å²) in [5.41, 5.74) is 0.659. The summed E-state index contributed by atoms with van der Waals surface area (Å²) < 4.78 is 22.8. The Balaban J connectivity index is 1.70. The van der Waals surface area contributed by atoms with Gasteiger partial charge in [0.25, 0.3) is 5.91 Å². The number of hydrogen-bond donors (Lipinski definition) is 1. The molecule has 1 N–H and O–H groups in total. The summed E-state index contributed by atoms with van der Waals surface area (Å²) in [6, 6.07) is 8.18. The minimum Gasteiger partial charge on any atom is -0.467 e. The molecule has 0 aliphatic heterocycles. The molecule has 7 nitrogen and oxygen atoms in total. The van der Waals surface area contributed by atoms with Crippen LogP contribution in [0, 0.1) is 5.82 Å². The van der Waals surface area contributed by atoms with Gasteiger partial charge in [-0.2, -0.15) is 0 Å². The van der Waals surface area contributed by atoms with Crippen LogP contribution in [0.5, 0.6) is 0 Å². The highest BCUT2D eigenvalue weighted by atomic mass is 32.1. The molecule has 0 radical (unpaired) electrons. The number of aromatic nitrogens is 2. The molecule has 1 aromatic carbocycles. The van der Waals surface area contributed by atoms with E-state index in [1.807, 2.05) is 0 Å². The highest BCUT2D eigenvalue weighted by Crippen LogP contribution is 2.27. The predicted molar refractivity (Wildman–Crippen MR) is 113 cm³/mol. The first-order chi connectivity index (χ1) is 15.1. The number of carbonyl (C=O) groups excluding carboxylic acids is 2. The van der Waals surface area contributed by atoms with E-state index in [1.165, 1.54) is 40.8 Å². The highest BCUT2D eigenvalue weighted by molar-refractivity contribution is 7.03. The first-order valence-electron chi connectivity index (χ1n) is 10.3. The molecule has 1 fully saturated rings. The van der Waals surface area contributed by atoms with Crippen LogP contribution in [0.1, 0.15) is 60.0 Å². The molecule has 31 heavy (non-hydrogen) atoms. The number of nitrogens with one attached hydrogen (secondary N) is 1. The maximum absolute atomic E-state index is 13.6. The summed E-state index contributed by atoms with van der Waals surface area (Å²) in [7, 11) is 0. The summed E-state index contributed by atoms with van der Waals surface area (Å²) in [5, 5.41) is 8.53. The third-order valence-electron chi connectivity index (χ3n) is 5.44. The fraction of sp³-hybridized carbons (Fsp3) is 0.364. The number of hydrogen-bond acceptors (Lipinski definition) is 6. The van der Waals surface area contributed by atoms with E-state index < -0.39 is 17.8 Å². The van der Waals surface area contributed by atoms with Crippen molar-refractivity contribution in [1.29, 1.82) is 0 Å². The van der Waals surface area contributed by atoms with Crippen LogP contribution in [0.15, 0.2) is 52.5 Å². The topological polar surface area (TPSA) is 88.3 Å². The third-order valence-corrected chi connectivity index (χ3v) is 5.95. The van der Waals surface area contributed by atoms with E-state index >= 15 is 0 Å². The number of halogens is 1. The summed E-state index contributed by atoms with van der Waals surface area (Å²) in [5.74, 6) is -0.642. The smallest absolute Gasteiger partial charge is 0.276 e. The van der Waals surface area contributed by atoms with Gasteiger partial charge >= 0.3 is 0 Å². The van der Waals surface area contributed by atoms with Gasteiger partial charge in [0.1, 0.15) is 17.6 Å². The molecule has 1 aliphatic rings. The first kappa shape index (κ1) is 21.2. The molecule has 4 rings (SSSR count). The van der Waals surface area contributed by atoms with Gasteiger partial charge in [-0.25, -0.2) is 4.39 Å². The van der Waals surface area contributed by atoms with Gasteiger partial charge in [0.05, 0.1) is 12.8 Å². The van der Waals surface area contributed by atoms with Crippen LogP contribution in [-0.2, 0) is 11.3 Å². The fourth-order valence-electron chi connectivity index (χ4n) is 3.90. The number of carbonyl (C=O) groups is 2. The second-order valence-corrected chi connectivity index (χ2v) is 8.21. The molecule has 162 valence electrons. The Morgan fingerprint density at radius 3 is 2.61 bits per heavy atom. The van der Waals surface area contributed by atoms with Gasteiger partial charge in [-0.1, -0.05) is 35.9 Å². The van der Waals surface area contributed by atoms with Crippen molar-refractivity contribution >= 4 is 23.3 Å². The quantitative estimate of drug-likeness (QED) is 0.595. The van der Waals surface area contributed by atoms with E-state index in [2.05, 4.69) is 14.9 Å². The van der Waals surface area contributed by atoms with Gasteiger partial charge in [-0.15, -0.1) is 5.10 Å². The maximum Gasteiger partial charge on any atom is 0.276 e. The predicted octanol–water partition coefficient (Wildman–Crippen LogP) is 4.10. The molecule has 0 spiro atoms. The molecule has 2 aromatic heterocycles. The van der Waals surface area contributed by atoms with Crippen molar-refractivity contribution in [1.82, 2.24) is 19.8 Å². The molecular formula is C22H23FN4O3S. The second-order valence-electron chi connectivity index (χ2n) is 7.60. The Hall–Kier alpha value is -3.07. The van der Waals surface area contributed by atoms with Crippen LogP contribution in [0.25, 0.3) is 0 Å². The number of benzene rings is 1. The van der Waals surface area contributed by atoms with E-state index in [0.29, 0.717) is 11.3 Å². The normalized spacial score (nSPS) is 15.4. The third kappa shape index (κ3) is 5.16. The number of amides is 2. The van der Waals surface area contributed by atoms with Crippen molar-refractivity contribution < 1.29 is 18.4 Å². The van der Waals surface area contributed by atoms with E-state index in [4.69, 9.17) is 4.42 Å². The van der Waals surface area contributed by atoms with Crippen molar-refractivity contribution in [2.24, 2.45) is 0 Å². The lowest BCUT2D eigenvalue weighted by Crippen LogP contribution is -2.47. The van der Waals surface area contributed by atoms with Crippen molar-refractivity contribution in [3.63, 3.8) is 0 Å². The maximum atomic E-state index is 13.6. The highest BCUT2D eigenvalue weighted by Gasteiger charge is 2.35. The zero-order chi connectivity index (χ0) is 21.6. The minimum atomic E-state index is -0.971. The Labute approximate surface area is 183 Å². The average molecular weight is 443 g/mol. The van der Waals surface area contributed by atoms with Crippen molar-refractivity contribution in [2.45, 2.75) is 50.7 Å². The summed E-state index contributed by atoms with van der Waals surface area (Å²) >= 11 is 1.06. The van der Waals surface area contributed by atoms with Gasteiger partial charge in [-0.3, -0.25) is 9.59 Å². The lowest BCUT2D eigenvalue weighted by atomic mass is 9.94. The molecule has 0 bridgehead atoms. The molecule has 2 amide bonds. The van der Waals surface area contributed by atoms with E-state index in [1.54, 1.807) is 12.1 Å². The zero-order valence-electron chi connectivity index (χ0n) is 16.9. The van der Waals surface area contributed by atoms with Crippen LogP contribution in [0.2, 0.25) is 0 Å². The SMILES string of the molecule is O=C(NC1CCCCC1)[C@H](c1ccc(F)cc1)N(Cc1ccco1)C(=O)c1csnn1. The summed E-state index contributed by atoms with van der Waals surface area (Å²) in [6.45, 7) is 0.0590. The van der Waals surface area contributed by atoms with Crippen LogP contribution in [0.4, 0.5) is 4.39 Å². The summed E-state index contributed by atoms with van der Waals surface area (Å²) in [6.07, 6.45) is 6.61. The Morgan fingerprint density at radius 2 is 1.97 bits per heavy atom. The van der Waals surface area contributed by atoms with Crippen molar-refractivity contribution in [2.75, 3.05) is 0 Å². The van der Waals surface area contributed by atoms with Gasteiger partial charge in [0.2, 0.25) is 5.91 Å². The van der Waals surface area contributed by atoms with E-state index in [-0.39, 0.29) is 24.2 Å². The summed E-state index contributed by atoms with van der Waals surface area (Å²) in [4.78, 5) is 28.2. The van der Waals surface area contributed by atoms with Crippen molar-refractivity contribution in [3.05, 3.63) is 70.9 Å². The van der Waals surface area contributed by atoms with Crippen LogP contribution in [-0.4, -0.2) is 32.3 Å². The van der Waals surface area contributed by atoms with E-state index in [0.717, 1.165) is 43.6 Å². The Kier molecular flexibility index (Phi) is 6.71. The Morgan fingerprint density at radius 1 is 1.19 bits per heavy atom. The minimum absolute atomic E-state index is 0.0590. The fourth-order valence-corrected chi connectivity index (χ4v) is 4.33. The molecule has 9 heteroatoms. The molecule has 3 aromatic rings. The number of furan rings is 1. The molecule has 2 heterocycles. The monoisotopic (exact) mass is 442 g/mol. The Bertz CT molecular complexity index is 986. The second kappa shape index (κ2) is 9.82. The lowest BCUT2D eigenvalue weighted by molar-refractivity contribution is -0.127. The largest absolute Gasteiger partial charge is 0.467 e. The molecule has 1 aliphatic carbocycles. The first-order valence-corrected chi connectivity index (χ1v) is 11.1. The molecule has 1 saturated carbocycles. The number of rotatable bonds is 7. The zero-order valence-corrected chi connectivity index (χ0v) is 17.7.